The largest absolute Gasteiger partial charge is 0.370 e. The van der Waals surface area contributed by atoms with Gasteiger partial charge in [-0.1, -0.05) is 56.4 Å². The number of nitrogens with two attached hydrogens (primary N) is 2. The maximum absolute atomic E-state index is 12.3. The van der Waals surface area contributed by atoms with Crippen LogP contribution in [0.5, 0.6) is 0 Å². The highest BCUT2D eigenvalue weighted by Crippen LogP contribution is 2.37. The van der Waals surface area contributed by atoms with Gasteiger partial charge in [-0.05, 0) is 31.0 Å². The Kier molecular flexibility index (Phi) is 4.84. The van der Waals surface area contributed by atoms with Crippen molar-refractivity contribution >= 4 is 33.7 Å². The zero-order chi connectivity index (χ0) is 18.8. The fourth-order valence-electron chi connectivity index (χ4n) is 4.40. The van der Waals surface area contributed by atoms with Gasteiger partial charge in [-0.2, -0.15) is 4.99 Å². The molecule has 0 bridgehead atoms. The van der Waals surface area contributed by atoms with Crippen molar-refractivity contribution in [3.8, 4) is 0 Å². The topological polar surface area (TPSA) is 86.4 Å². The third-order valence-electron chi connectivity index (χ3n) is 5.63. The van der Waals surface area contributed by atoms with Gasteiger partial charge in [0, 0.05) is 27.9 Å². The van der Waals surface area contributed by atoms with Crippen molar-refractivity contribution in [3.63, 3.8) is 0 Å². The molecule has 4 N–H and O–H groups in total. The number of nitrogens with zero attached hydrogens (tertiary/aromatic N) is 2. The predicted octanol–water partition coefficient (Wildman–Crippen LogP) is 4.49. The number of amides is 1. The van der Waals surface area contributed by atoms with E-state index < -0.39 is 5.91 Å². The first-order valence-corrected chi connectivity index (χ1v) is 9.82. The first-order valence-electron chi connectivity index (χ1n) is 9.82. The first kappa shape index (κ1) is 17.6. The lowest BCUT2D eigenvalue weighted by Gasteiger charge is -2.23. The molecule has 27 heavy (non-hydrogen) atoms. The van der Waals surface area contributed by atoms with Gasteiger partial charge in [0.15, 0.2) is 5.96 Å². The number of aromatic nitrogens is 1. The zero-order valence-corrected chi connectivity index (χ0v) is 15.5. The van der Waals surface area contributed by atoms with E-state index in [1.54, 1.807) is 0 Å². The third-order valence-corrected chi connectivity index (χ3v) is 5.63. The van der Waals surface area contributed by atoms with Crippen molar-refractivity contribution in [2.75, 3.05) is 0 Å². The summed E-state index contributed by atoms with van der Waals surface area (Å²) >= 11 is 0. The Labute approximate surface area is 159 Å². The molecule has 3 aromatic rings. The molecule has 5 nitrogen and oxygen atoms in total. The fraction of sp³-hybridized carbons (Fsp3) is 0.364. The lowest BCUT2D eigenvalue weighted by atomic mass is 9.96. The molecule has 1 heterocycles. The first-order chi connectivity index (χ1) is 13.1. The third kappa shape index (κ3) is 3.42. The highest BCUT2D eigenvalue weighted by atomic mass is 16.1. The Morgan fingerprint density at radius 3 is 2.30 bits per heavy atom. The Hall–Kier alpha value is -2.82. The molecule has 140 valence electrons. The van der Waals surface area contributed by atoms with Crippen molar-refractivity contribution in [1.82, 2.24) is 4.57 Å². The van der Waals surface area contributed by atoms with E-state index >= 15 is 0 Å². The Morgan fingerprint density at radius 2 is 1.56 bits per heavy atom. The van der Waals surface area contributed by atoms with Crippen LogP contribution in [0.1, 0.15) is 61.3 Å². The summed E-state index contributed by atoms with van der Waals surface area (Å²) in [6.07, 6.45) is 8.83. The van der Waals surface area contributed by atoms with Crippen LogP contribution in [-0.2, 0) is 0 Å². The Morgan fingerprint density at radius 1 is 0.889 bits per heavy atom. The van der Waals surface area contributed by atoms with Gasteiger partial charge in [0.1, 0.15) is 0 Å². The second kappa shape index (κ2) is 7.43. The van der Waals surface area contributed by atoms with Gasteiger partial charge in [-0.15, -0.1) is 0 Å². The molecule has 1 amide bonds. The average Bonchev–Trinajstić information content (AvgIpc) is 2.95. The number of guanidine groups is 1. The minimum Gasteiger partial charge on any atom is -0.370 e. The summed E-state index contributed by atoms with van der Waals surface area (Å²) in [6.45, 7) is 0. The van der Waals surface area contributed by atoms with Crippen LogP contribution in [0.15, 0.2) is 47.5 Å². The quantitative estimate of drug-likeness (QED) is 0.520. The second-order valence-corrected chi connectivity index (χ2v) is 7.46. The molecule has 0 radical (unpaired) electrons. The maximum atomic E-state index is 12.3. The van der Waals surface area contributed by atoms with E-state index in [4.69, 9.17) is 11.5 Å². The molecular formula is C22H26N4O. The molecule has 1 aromatic heterocycles. The summed E-state index contributed by atoms with van der Waals surface area (Å²) in [5.41, 5.74) is 13.6. The molecule has 1 fully saturated rings. The number of benzene rings is 2. The van der Waals surface area contributed by atoms with Gasteiger partial charge < -0.3 is 16.0 Å². The van der Waals surface area contributed by atoms with Crippen LogP contribution in [0.2, 0.25) is 0 Å². The number of rotatable bonds is 2. The lowest BCUT2D eigenvalue weighted by Crippen LogP contribution is -2.24. The van der Waals surface area contributed by atoms with Crippen molar-refractivity contribution < 1.29 is 4.79 Å². The highest BCUT2D eigenvalue weighted by molar-refractivity contribution is 6.11. The second-order valence-electron chi connectivity index (χ2n) is 7.46. The average molecular weight is 362 g/mol. The van der Waals surface area contributed by atoms with Crippen LogP contribution in [0, 0.1) is 0 Å². The number of fused-ring (bicyclic) bond motifs is 3. The minimum atomic E-state index is -0.397. The molecule has 0 unspecified atom stereocenters. The van der Waals surface area contributed by atoms with Gasteiger partial charge in [0.05, 0.1) is 5.52 Å². The SMILES string of the molecule is NC(N)=NC(=O)c1ccc2c3ccccc3n(C3CCCCCCC3)c2c1. The van der Waals surface area contributed by atoms with Crippen LogP contribution in [0.25, 0.3) is 21.8 Å². The van der Waals surface area contributed by atoms with E-state index in [9.17, 15) is 4.79 Å². The van der Waals surface area contributed by atoms with E-state index in [1.807, 2.05) is 18.2 Å². The van der Waals surface area contributed by atoms with Crippen LogP contribution in [0.4, 0.5) is 0 Å². The van der Waals surface area contributed by atoms with Crippen LogP contribution >= 0.6 is 0 Å². The summed E-state index contributed by atoms with van der Waals surface area (Å²) in [4.78, 5) is 16.0. The Balaban J connectivity index is 1.90. The van der Waals surface area contributed by atoms with Crippen molar-refractivity contribution in [1.29, 1.82) is 0 Å². The maximum Gasteiger partial charge on any atom is 0.280 e. The number of carbonyl (C=O) groups excluding carboxylic acids is 1. The molecule has 0 spiro atoms. The summed E-state index contributed by atoms with van der Waals surface area (Å²) < 4.78 is 2.45. The lowest BCUT2D eigenvalue weighted by molar-refractivity contribution is 0.100. The molecular weight excluding hydrogens is 336 g/mol. The monoisotopic (exact) mass is 362 g/mol. The summed E-state index contributed by atoms with van der Waals surface area (Å²) in [6, 6.07) is 14.7. The molecule has 0 aliphatic heterocycles. The van der Waals surface area contributed by atoms with E-state index in [-0.39, 0.29) is 5.96 Å². The highest BCUT2D eigenvalue weighted by Gasteiger charge is 2.20. The van der Waals surface area contributed by atoms with E-state index in [0.717, 1.165) is 5.52 Å². The van der Waals surface area contributed by atoms with Crippen molar-refractivity contribution in [2.45, 2.75) is 51.0 Å². The van der Waals surface area contributed by atoms with E-state index in [2.05, 4.69) is 33.8 Å². The number of hydrogen-bond acceptors (Lipinski definition) is 1. The number of carbonyl (C=O) groups is 1. The zero-order valence-electron chi connectivity index (χ0n) is 15.5. The molecule has 0 atom stereocenters. The number of aliphatic imine (C=N–C) groups is 1. The van der Waals surface area contributed by atoms with Crippen molar-refractivity contribution in [2.24, 2.45) is 16.5 Å². The summed E-state index contributed by atoms with van der Waals surface area (Å²) in [5.74, 6) is -0.605. The standard InChI is InChI=1S/C22H26N4O/c23-22(24)25-21(27)15-12-13-18-17-10-6-7-11-19(17)26(20(18)14-15)16-8-4-2-1-3-5-9-16/h6-7,10-14,16H,1-5,8-9H2,(H4,23,24,25,27). The van der Waals surface area contributed by atoms with Crippen LogP contribution in [-0.4, -0.2) is 16.4 Å². The van der Waals surface area contributed by atoms with Gasteiger partial charge in [0.25, 0.3) is 5.91 Å². The van der Waals surface area contributed by atoms with E-state index in [1.165, 1.54) is 61.2 Å². The van der Waals surface area contributed by atoms with Crippen LogP contribution in [0.3, 0.4) is 0 Å². The fourth-order valence-corrected chi connectivity index (χ4v) is 4.40. The molecule has 5 heteroatoms. The molecule has 0 saturated heterocycles. The van der Waals surface area contributed by atoms with Gasteiger partial charge in [0.2, 0.25) is 0 Å². The summed E-state index contributed by atoms with van der Waals surface area (Å²) in [5, 5.41) is 2.41. The smallest absolute Gasteiger partial charge is 0.280 e. The molecule has 2 aromatic carbocycles. The van der Waals surface area contributed by atoms with Gasteiger partial charge in [-0.25, -0.2) is 0 Å². The predicted molar refractivity (Wildman–Crippen MR) is 111 cm³/mol. The van der Waals surface area contributed by atoms with E-state index in [0.29, 0.717) is 11.6 Å². The molecule has 1 aliphatic carbocycles. The van der Waals surface area contributed by atoms with Crippen LogP contribution < -0.4 is 11.5 Å². The number of hydrogen-bond donors (Lipinski definition) is 2. The summed E-state index contributed by atoms with van der Waals surface area (Å²) in [7, 11) is 0. The normalized spacial score (nSPS) is 16.1. The van der Waals surface area contributed by atoms with Gasteiger partial charge in [-0.3, -0.25) is 4.79 Å². The van der Waals surface area contributed by atoms with Gasteiger partial charge >= 0.3 is 0 Å². The molecule has 1 aliphatic rings. The Bertz CT molecular complexity index is 1010. The van der Waals surface area contributed by atoms with Crippen molar-refractivity contribution in [3.05, 3.63) is 48.0 Å². The molecule has 4 rings (SSSR count). The minimum absolute atomic E-state index is 0.208. The molecule has 1 saturated carbocycles. The number of para-hydroxylation sites is 1.